The van der Waals surface area contributed by atoms with Gasteiger partial charge in [0, 0.05) is 26.7 Å². The predicted molar refractivity (Wildman–Crippen MR) is 112 cm³/mol. The van der Waals surface area contributed by atoms with Crippen LogP contribution in [0.3, 0.4) is 0 Å². The van der Waals surface area contributed by atoms with E-state index < -0.39 is 0 Å². The zero-order valence-corrected chi connectivity index (χ0v) is 16.5. The number of likely N-dealkylation sites (N-methyl/N-ethyl adjacent to an activating group) is 1. The van der Waals surface area contributed by atoms with Crippen LogP contribution in [0.1, 0.15) is 23.6 Å². The molecule has 0 aliphatic carbocycles. The van der Waals surface area contributed by atoms with Crippen molar-refractivity contribution in [3.05, 3.63) is 70.1 Å². The Morgan fingerprint density at radius 1 is 1.21 bits per heavy atom. The third-order valence-corrected chi connectivity index (χ3v) is 5.66. The van der Waals surface area contributed by atoms with E-state index >= 15 is 0 Å². The normalized spacial score (nSPS) is 18.2. The van der Waals surface area contributed by atoms with E-state index in [0.29, 0.717) is 18.6 Å². The maximum Gasteiger partial charge on any atom is 0.323 e. The molecule has 2 heterocycles. The van der Waals surface area contributed by atoms with Gasteiger partial charge in [0.15, 0.2) is 0 Å². The highest BCUT2D eigenvalue weighted by molar-refractivity contribution is 5.81. The van der Waals surface area contributed by atoms with Gasteiger partial charge in [-0.3, -0.25) is 9.69 Å². The first kappa shape index (κ1) is 19.4. The third-order valence-electron chi connectivity index (χ3n) is 5.66. The number of hydrogen-bond donors (Lipinski definition) is 3. The van der Waals surface area contributed by atoms with Crippen molar-refractivity contribution in [2.75, 3.05) is 26.7 Å². The van der Waals surface area contributed by atoms with Crippen molar-refractivity contribution in [2.24, 2.45) is 0 Å². The minimum Gasteiger partial charge on any atom is -0.392 e. The molecule has 1 amide bonds. The van der Waals surface area contributed by atoms with Crippen LogP contribution in [0.5, 0.6) is 0 Å². The van der Waals surface area contributed by atoms with Gasteiger partial charge in [-0.1, -0.05) is 36.4 Å². The lowest BCUT2D eigenvalue weighted by atomic mass is 10.0. The highest BCUT2D eigenvalue weighted by Crippen LogP contribution is 2.24. The summed E-state index contributed by atoms with van der Waals surface area (Å²) in [5.41, 5.74) is 3.11. The summed E-state index contributed by atoms with van der Waals surface area (Å²) in [6, 6.07) is 15.4. The topological polar surface area (TPSA) is 92.4 Å². The smallest absolute Gasteiger partial charge is 0.323 e. The standard InChI is InChI=1S/C22H26N4O3/c1-25(21(28)12-15-7-8-18-19(11-15)24-22(29)23-18)20(16-5-3-2-4-6-16)14-26-10-9-17(27)13-26/h2-8,11,17,20,27H,9-10,12-14H2,1H3,(H2,23,24,29)/t17-,20+/m0/s1. The second-order valence-electron chi connectivity index (χ2n) is 7.77. The Morgan fingerprint density at radius 2 is 1.97 bits per heavy atom. The number of rotatable bonds is 6. The van der Waals surface area contributed by atoms with Crippen LogP contribution in [0.2, 0.25) is 0 Å². The SMILES string of the molecule is CN(C(=O)Cc1ccc2[nH]c(=O)[nH]c2c1)[C@H](CN1CC[C@H](O)C1)c1ccccc1. The maximum absolute atomic E-state index is 13.1. The van der Waals surface area contributed by atoms with Crippen LogP contribution >= 0.6 is 0 Å². The number of aliphatic hydroxyl groups excluding tert-OH is 1. The number of nitrogens with zero attached hydrogens (tertiary/aromatic N) is 2. The summed E-state index contributed by atoms with van der Waals surface area (Å²) in [5, 5.41) is 9.86. The van der Waals surface area contributed by atoms with Crippen LogP contribution in [0, 0.1) is 0 Å². The zero-order valence-electron chi connectivity index (χ0n) is 16.5. The van der Waals surface area contributed by atoms with Gasteiger partial charge in [-0.05, 0) is 29.7 Å². The first-order valence-corrected chi connectivity index (χ1v) is 9.91. The largest absolute Gasteiger partial charge is 0.392 e. The molecule has 7 nitrogen and oxygen atoms in total. The summed E-state index contributed by atoms with van der Waals surface area (Å²) in [6.07, 6.45) is 0.738. The Labute approximate surface area is 169 Å². The van der Waals surface area contributed by atoms with E-state index in [1.54, 1.807) is 4.90 Å². The number of aliphatic hydroxyl groups is 1. The first-order valence-electron chi connectivity index (χ1n) is 9.91. The molecule has 0 unspecified atom stereocenters. The van der Waals surface area contributed by atoms with Gasteiger partial charge in [0.2, 0.25) is 5.91 Å². The van der Waals surface area contributed by atoms with Crippen molar-refractivity contribution in [1.82, 2.24) is 19.8 Å². The van der Waals surface area contributed by atoms with Gasteiger partial charge in [0.1, 0.15) is 0 Å². The average molecular weight is 394 g/mol. The molecule has 1 aliphatic rings. The minimum atomic E-state index is -0.289. The Hall–Kier alpha value is -2.90. The number of likely N-dealkylation sites (tertiary alicyclic amines) is 1. The molecule has 1 fully saturated rings. The van der Waals surface area contributed by atoms with Gasteiger partial charge in [0.05, 0.1) is 29.6 Å². The number of nitrogens with one attached hydrogen (secondary N) is 2. The molecule has 0 spiro atoms. The molecule has 4 rings (SSSR count). The number of amides is 1. The Bertz CT molecular complexity index is 1040. The van der Waals surface area contributed by atoms with Gasteiger partial charge in [-0.15, -0.1) is 0 Å². The molecule has 0 bridgehead atoms. The summed E-state index contributed by atoms with van der Waals surface area (Å²) in [7, 11) is 1.84. The summed E-state index contributed by atoms with van der Waals surface area (Å²) in [6.45, 7) is 2.17. The number of H-pyrrole nitrogens is 2. The Morgan fingerprint density at radius 3 is 2.69 bits per heavy atom. The molecule has 0 saturated carbocycles. The van der Waals surface area contributed by atoms with Gasteiger partial charge < -0.3 is 20.0 Å². The number of aromatic amines is 2. The van der Waals surface area contributed by atoms with Crippen molar-refractivity contribution in [3.8, 4) is 0 Å². The highest BCUT2D eigenvalue weighted by Gasteiger charge is 2.28. The Balaban J connectivity index is 1.52. The zero-order chi connectivity index (χ0) is 20.4. The fourth-order valence-corrected chi connectivity index (χ4v) is 4.01. The van der Waals surface area contributed by atoms with Crippen LogP contribution in [-0.2, 0) is 11.2 Å². The van der Waals surface area contributed by atoms with E-state index in [0.717, 1.165) is 29.6 Å². The molecule has 0 radical (unpaired) electrons. The molecule has 7 heteroatoms. The fourth-order valence-electron chi connectivity index (χ4n) is 4.01. The summed E-state index contributed by atoms with van der Waals surface area (Å²) < 4.78 is 0. The second kappa shape index (κ2) is 8.23. The molecule has 1 aromatic heterocycles. The van der Waals surface area contributed by atoms with Gasteiger partial charge in [-0.2, -0.15) is 0 Å². The molecular weight excluding hydrogens is 368 g/mol. The molecule has 2 atom stereocenters. The van der Waals surface area contributed by atoms with Gasteiger partial charge in [0.25, 0.3) is 0 Å². The summed E-state index contributed by atoms with van der Waals surface area (Å²) >= 11 is 0. The third kappa shape index (κ3) is 4.41. The van der Waals surface area contributed by atoms with Crippen LogP contribution in [0.4, 0.5) is 0 Å². The number of fused-ring (bicyclic) bond motifs is 1. The molecule has 2 aromatic carbocycles. The fraction of sp³-hybridized carbons (Fsp3) is 0.364. The van der Waals surface area contributed by atoms with E-state index in [9.17, 15) is 14.7 Å². The lowest BCUT2D eigenvalue weighted by Crippen LogP contribution is -2.39. The van der Waals surface area contributed by atoms with Crippen molar-refractivity contribution in [2.45, 2.75) is 25.0 Å². The molecular formula is C22H26N4O3. The number of hydrogen-bond acceptors (Lipinski definition) is 4. The van der Waals surface area contributed by atoms with Crippen molar-refractivity contribution < 1.29 is 9.90 Å². The molecule has 3 N–H and O–H groups in total. The monoisotopic (exact) mass is 394 g/mol. The number of aromatic nitrogens is 2. The maximum atomic E-state index is 13.1. The minimum absolute atomic E-state index is 0.0100. The molecule has 1 saturated heterocycles. The number of imidazole rings is 1. The van der Waals surface area contributed by atoms with Crippen LogP contribution in [0.15, 0.2) is 53.3 Å². The Kier molecular flexibility index (Phi) is 5.51. The number of benzene rings is 2. The average Bonchev–Trinajstić information content (AvgIpc) is 3.30. The van der Waals surface area contributed by atoms with Crippen LogP contribution < -0.4 is 5.69 Å². The first-order chi connectivity index (χ1) is 14.0. The second-order valence-corrected chi connectivity index (χ2v) is 7.77. The van der Waals surface area contributed by atoms with Crippen LogP contribution in [-0.4, -0.2) is 63.6 Å². The molecule has 152 valence electrons. The quantitative estimate of drug-likeness (QED) is 0.593. The van der Waals surface area contributed by atoms with E-state index in [1.807, 2.05) is 55.6 Å². The van der Waals surface area contributed by atoms with E-state index in [2.05, 4.69) is 14.9 Å². The van der Waals surface area contributed by atoms with Crippen molar-refractivity contribution >= 4 is 16.9 Å². The predicted octanol–water partition coefficient (Wildman–Crippen LogP) is 1.66. The highest BCUT2D eigenvalue weighted by atomic mass is 16.3. The number of carbonyl (C=O) groups excluding carboxylic acids is 1. The summed E-state index contributed by atoms with van der Waals surface area (Å²) in [4.78, 5) is 34.0. The molecule has 1 aliphatic heterocycles. The van der Waals surface area contributed by atoms with Crippen molar-refractivity contribution in [1.29, 1.82) is 0 Å². The van der Waals surface area contributed by atoms with E-state index in [-0.39, 0.29) is 30.2 Å². The lowest BCUT2D eigenvalue weighted by molar-refractivity contribution is -0.131. The van der Waals surface area contributed by atoms with Gasteiger partial charge in [-0.25, -0.2) is 4.79 Å². The molecule has 29 heavy (non-hydrogen) atoms. The van der Waals surface area contributed by atoms with Crippen molar-refractivity contribution in [3.63, 3.8) is 0 Å². The van der Waals surface area contributed by atoms with Gasteiger partial charge >= 0.3 is 5.69 Å². The molecule has 3 aromatic rings. The van der Waals surface area contributed by atoms with E-state index in [4.69, 9.17) is 0 Å². The number of carbonyl (C=O) groups is 1. The summed E-state index contributed by atoms with van der Waals surface area (Å²) in [5.74, 6) is 0.0100. The number of β-amino-alcohol motifs (C(OH)–C–C–N with tert-alkyl or cyclic N) is 1. The lowest BCUT2D eigenvalue weighted by Gasteiger charge is -2.32. The van der Waals surface area contributed by atoms with E-state index in [1.165, 1.54) is 0 Å². The van der Waals surface area contributed by atoms with Crippen LogP contribution in [0.25, 0.3) is 11.0 Å².